The lowest BCUT2D eigenvalue weighted by Crippen LogP contribution is -2.57. The number of nitrogens with one attached hydrogen (secondary N) is 4. The second kappa shape index (κ2) is 14.3. The Bertz CT molecular complexity index is 1220. The highest BCUT2D eigenvalue weighted by Gasteiger charge is 2.29. The molecule has 1 aromatic carbocycles. The summed E-state index contributed by atoms with van der Waals surface area (Å²) in [5, 5.41) is 26.0. The number of hydrogen-bond donors (Lipinski definition) is 9. The molecule has 0 spiro atoms. The van der Waals surface area contributed by atoms with Crippen molar-refractivity contribution in [3.05, 3.63) is 36.0 Å². The molecule has 0 aliphatic heterocycles. The molecule has 12 N–H and O–H groups in total. The summed E-state index contributed by atoms with van der Waals surface area (Å²) in [6.45, 7) is 1.57. The van der Waals surface area contributed by atoms with Gasteiger partial charge in [-0.3, -0.25) is 24.2 Å². The van der Waals surface area contributed by atoms with Gasteiger partial charge in [-0.1, -0.05) is 18.2 Å². The lowest BCUT2D eigenvalue weighted by Gasteiger charge is -2.23. The van der Waals surface area contributed by atoms with Gasteiger partial charge in [-0.05, 0) is 31.4 Å². The summed E-state index contributed by atoms with van der Waals surface area (Å²) in [5.41, 5.74) is 18.1. The Morgan fingerprint density at radius 1 is 0.974 bits per heavy atom. The van der Waals surface area contributed by atoms with Gasteiger partial charge in [-0.25, -0.2) is 4.79 Å². The second-order valence-corrected chi connectivity index (χ2v) is 8.91. The number of benzene rings is 1. The highest BCUT2D eigenvalue weighted by Crippen LogP contribution is 2.19. The molecule has 0 fully saturated rings. The first-order chi connectivity index (χ1) is 18.4. The number of nitrogens with zero attached hydrogens (tertiary/aromatic N) is 1. The van der Waals surface area contributed by atoms with Crippen LogP contribution in [0.5, 0.6) is 0 Å². The first kappa shape index (κ1) is 30.6. The quantitative estimate of drug-likeness (QED) is 0.0681. The number of aromatic nitrogens is 1. The highest BCUT2D eigenvalue weighted by molar-refractivity contribution is 5.95. The topological polar surface area (TPSA) is 268 Å². The van der Waals surface area contributed by atoms with Crippen molar-refractivity contribution < 1.29 is 34.2 Å². The molecular formula is C24H34N8O7. The smallest absolute Gasteiger partial charge is 0.326 e. The largest absolute Gasteiger partial charge is 0.481 e. The maximum absolute atomic E-state index is 13.2. The zero-order valence-corrected chi connectivity index (χ0v) is 21.3. The van der Waals surface area contributed by atoms with Crippen molar-refractivity contribution in [2.75, 3.05) is 6.54 Å². The van der Waals surface area contributed by atoms with Gasteiger partial charge in [0.15, 0.2) is 5.96 Å². The summed E-state index contributed by atoms with van der Waals surface area (Å²) in [4.78, 5) is 67.6. The van der Waals surface area contributed by atoms with Crippen molar-refractivity contribution >= 4 is 46.5 Å². The number of hydrogen-bond acceptors (Lipinski definition) is 7. The van der Waals surface area contributed by atoms with E-state index in [9.17, 15) is 24.0 Å². The number of carboxylic acid groups (broad SMARTS) is 2. The van der Waals surface area contributed by atoms with Gasteiger partial charge in [0.2, 0.25) is 17.7 Å². The van der Waals surface area contributed by atoms with E-state index in [2.05, 4.69) is 25.9 Å². The summed E-state index contributed by atoms with van der Waals surface area (Å²) < 4.78 is 0. The van der Waals surface area contributed by atoms with Crippen molar-refractivity contribution in [1.82, 2.24) is 20.9 Å². The van der Waals surface area contributed by atoms with Crippen LogP contribution in [0.4, 0.5) is 0 Å². The van der Waals surface area contributed by atoms with E-state index in [1.165, 1.54) is 6.92 Å². The molecule has 2 rings (SSSR count). The molecule has 0 saturated carbocycles. The van der Waals surface area contributed by atoms with Crippen LogP contribution in [0.1, 0.15) is 31.7 Å². The standard InChI is InChI=1S/C24H34N8O7/c1-12(20(35)32-18(23(38)39)10-19(33)34)30-22(37)17(9-13-11-29-16-7-3-2-5-14(13)16)31-21(36)15(25)6-4-8-28-24(26)27/h2-3,5,7,11-12,15,17-18,29H,4,6,8-10,25H2,1H3,(H,30,37)(H,31,36)(H,32,35)(H,33,34)(H,38,39)(H4,26,27,28). The molecule has 212 valence electrons. The van der Waals surface area contributed by atoms with E-state index in [0.717, 1.165) is 16.5 Å². The molecule has 1 aromatic heterocycles. The molecule has 4 unspecified atom stereocenters. The molecule has 0 saturated heterocycles. The fraction of sp³-hybridized carbons (Fsp3) is 0.417. The number of nitrogens with two attached hydrogens (primary N) is 3. The molecule has 0 aliphatic rings. The first-order valence-electron chi connectivity index (χ1n) is 12.1. The Morgan fingerprint density at radius 2 is 1.64 bits per heavy atom. The molecule has 1 heterocycles. The Labute approximate surface area is 223 Å². The van der Waals surface area contributed by atoms with Crippen molar-refractivity contribution in [3.63, 3.8) is 0 Å². The highest BCUT2D eigenvalue weighted by atomic mass is 16.4. The van der Waals surface area contributed by atoms with Gasteiger partial charge in [-0.15, -0.1) is 0 Å². The fourth-order valence-corrected chi connectivity index (χ4v) is 3.71. The zero-order valence-electron chi connectivity index (χ0n) is 21.3. The molecule has 0 bridgehead atoms. The van der Waals surface area contributed by atoms with Crippen LogP contribution in [0.25, 0.3) is 10.9 Å². The van der Waals surface area contributed by atoms with Crippen LogP contribution in [0.2, 0.25) is 0 Å². The van der Waals surface area contributed by atoms with Gasteiger partial charge in [0.25, 0.3) is 0 Å². The molecule has 39 heavy (non-hydrogen) atoms. The second-order valence-electron chi connectivity index (χ2n) is 8.91. The third-order valence-corrected chi connectivity index (χ3v) is 5.78. The number of aromatic amines is 1. The summed E-state index contributed by atoms with van der Waals surface area (Å²) in [7, 11) is 0. The van der Waals surface area contributed by atoms with E-state index < -0.39 is 60.2 Å². The minimum absolute atomic E-state index is 0.0490. The first-order valence-corrected chi connectivity index (χ1v) is 12.1. The van der Waals surface area contributed by atoms with Gasteiger partial charge < -0.3 is 48.3 Å². The number of carbonyl (C=O) groups excluding carboxylic acids is 3. The zero-order chi connectivity index (χ0) is 29.1. The molecule has 3 amide bonds. The van der Waals surface area contributed by atoms with Gasteiger partial charge in [0, 0.05) is 30.1 Å². The monoisotopic (exact) mass is 546 g/mol. The lowest BCUT2D eigenvalue weighted by molar-refractivity contribution is -0.147. The summed E-state index contributed by atoms with van der Waals surface area (Å²) in [6, 6.07) is 2.30. The Morgan fingerprint density at radius 3 is 2.28 bits per heavy atom. The maximum atomic E-state index is 13.2. The van der Waals surface area contributed by atoms with Crippen molar-refractivity contribution in [2.45, 2.75) is 56.8 Å². The molecule has 0 aliphatic carbocycles. The van der Waals surface area contributed by atoms with E-state index >= 15 is 0 Å². The number of guanidine groups is 1. The summed E-state index contributed by atoms with van der Waals surface area (Å²) >= 11 is 0. The molecular weight excluding hydrogens is 512 g/mol. The van der Waals surface area contributed by atoms with E-state index in [0.29, 0.717) is 6.42 Å². The minimum atomic E-state index is -1.69. The molecule has 2 aromatic rings. The van der Waals surface area contributed by atoms with Crippen LogP contribution in [0.3, 0.4) is 0 Å². The number of amides is 3. The average molecular weight is 547 g/mol. The number of rotatable bonds is 15. The lowest BCUT2D eigenvalue weighted by atomic mass is 10.0. The van der Waals surface area contributed by atoms with Crippen LogP contribution in [-0.4, -0.2) is 81.5 Å². The number of fused-ring (bicyclic) bond motifs is 1. The van der Waals surface area contributed by atoms with Crippen LogP contribution >= 0.6 is 0 Å². The van der Waals surface area contributed by atoms with Crippen molar-refractivity contribution in [3.8, 4) is 0 Å². The van der Waals surface area contributed by atoms with Crippen LogP contribution < -0.4 is 33.2 Å². The number of H-pyrrole nitrogens is 1. The normalized spacial score (nSPS) is 13.9. The van der Waals surface area contributed by atoms with Gasteiger partial charge in [0.05, 0.1) is 12.5 Å². The van der Waals surface area contributed by atoms with E-state index in [-0.39, 0.29) is 25.3 Å². The number of aliphatic imine (C=N–C) groups is 1. The molecule has 15 heteroatoms. The van der Waals surface area contributed by atoms with Crippen LogP contribution in [0, 0.1) is 0 Å². The van der Waals surface area contributed by atoms with E-state index in [1.54, 1.807) is 6.20 Å². The van der Waals surface area contributed by atoms with Gasteiger partial charge >= 0.3 is 11.9 Å². The average Bonchev–Trinajstić information content (AvgIpc) is 3.27. The third-order valence-electron chi connectivity index (χ3n) is 5.78. The maximum Gasteiger partial charge on any atom is 0.326 e. The van der Waals surface area contributed by atoms with Crippen LogP contribution in [0.15, 0.2) is 35.5 Å². The molecule has 4 atom stereocenters. The number of carbonyl (C=O) groups is 5. The Balaban J connectivity index is 2.15. The predicted octanol–water partition coefficient (Wildman–Crippen LogP) is -1.88. The van der Waals surface area contributed by atoms with Crippen molar-refractivity contribution in [1.29, 1.82) is 0 Å². The molecule has 0 radical (unpaired) electrons. The number of carboxylic acids is 2. The van der Waals surface area contributed by atoms with Gasteiger partial charge in [0.1, 0.15) is 18.1 Å². The Hall–Kier alpha value is -4.66. The van der Waals surface area contributed by atoms with Crippen molar-refractivity contribution in [2.24, 2.45) is 22.2 Å². The van der Waals surface area contributed by atoms with E-state index in [1.807, 2.05) is 24.3 Å². The summed E-state index contributed by atoms with van der Waals surface area (Å²) in [5.74, 6) is -5.29. The van der Waals surface area contributed by atoms with Crippen LogP contribution in [-0.2, 0) is 30.4 Å². The number of aliphatic carboxylic acids is 2. The SMILES string of the molecule is CC(NC(=O)C(Cc1c[nH]c2ccccc12)NC(=O)C(N)CCCN=C(N)N)C(=O)NC(CC(=O)O)C(=O)O. The predicted molar refractivity (Wildman–Crippen MR) is 141 cm³/mol. The fourth-order valence-electron chi connectivity index (χ4n) is 3.71. The van der Waals surface area contributed by atoms with Gasteiger partial charge in [-0.2, -0.15) is 0 Å². The molecule has 15 nitrogen and oxygen atoms in total. The van der Waals surface area contributed by atoms with E-state index in [4.69, 9.17) is 27.4 Å². The number of para-hydroxylation sites is 1. The third kappa shape index (κ3) is 9.62. The summed E-state index contributed by atoms with van der Waals surface area (Å²) in [6.07, 6.45) is 1.56. The Kier molecular flexibility index (Phi) is 11.2. The minimum Gasteiger partial charge on any atom is -0.481 e.